The lowest BCUT2D eigenvalue weighted by Crippen LogP contribution is -2.09. The molecule has 0 aliphatic carbocycles. The minimum Gasteiger partial charge on any atom is -0.491 e. The molecule has 2 nitrogen and oxygen atoms in total. The van der Waals surface area contributed by atoms with E-state index in [1.165, 1.54) is 37.9 Å². The topological polar surface area (TPSA) is 21.3 Å². The molecule has 0 aromatic heterocycles. The SMILES string of the molecule is CC(C)Oc1ccc(CCC2CCNC2)cc1. The van der Waals surface area contributed by atoms with Gasteiger partial charge in [-0.3, -0.25) is 0 Å². The average Bonchev–Trinajstić information content (AvgIpc) is 2.80. The first-order valence-corrected chi connectivity index (χ1v) is 6.70. The molecule has 1 aliphatic rings. The maximum absolute atomic E-state index is 5.64. The van der Waals surface area contributed by atoms with Gasteiger partial charge < -0.3 is 10.1 Å². The van der Waals surface area contributed by atoms with E-state index < -0.39 is 0 Å². The second-order valence-electron chi connectivity index (χ2n) is 5.21. The number of ether oxygens (including phenoxy) is 1. The standard InChI is InChI=1S/C15H23NO/c1-12(2)17-15-7-5-13(6-8-15)3-4-14-9-10-16-11-14/h5-8,12,14,16H,3-4,9-11H2,1-2H3. The molecule has 1 heterocycles. The van der Waals surface area contributed by atoms with Crippen molar-refractivity contribution in [2.45, 2.75) is 39.2 Å². The Bertz CT molecular complexity index is 325. The summed E-state index contributed by atoms with van der Waals surface area (Å²) in [6, 6.07) is 8.56. The number of nitrogens with one attached hydrogen (secondary N) is 1. The van der Waals surface area contributed by atoms with Gasteiger partial charge in [0.15, 0.2) is 0 Å². The Labute approximate surface area is 104 Å². The number of hydrogen-bond acceptors (Lipinski definition) is 2. The lowest BCUT2D eigenvalue weighted by Gasteiger charge is -2.11. The second-order valence-corrected chi connectivity index (χ2v) is 5.21. The smallest absolute Gasteiger partial charge is 0.119 e. The summed E-state index contributed by atoms with van der Waals surface area (Å²) in [4.78, 5) is 0. The van der Waals surface area contributed by atoms with Crippen molar-refractivity contribution in [3.63, 3.8) is 0 Å². The van der Waals surface area contributed by atoms with Crippen LogP contribution in [0.4, 0.5) is 0 Å². The molecule has 0 bridgehead atoms. The Morgan fingerprint density at radius 1 is 1.29 bits per heavy atom. The molecule has 1 unspecified atom stereocenters. The molecule has 94 valence electrons. The van der Waals surface area contributed by atoms with Crippen LogP contribution in [0.2, 0.25) is 0 Å². The van der Waals surface area contributed by atoms with E-state index in [0.717, 1.165) is 11.7 Å². The highest BCUT2D eigenvalue weighted by Crippen LogP contribution is 2.18. The van der Waals surface area contributed by atoms with Gasteiger partial charge in [0.05, 0.1) is 6.10 Å². The number of hydrogen-bond donors (Lipinski definition) is 1. The normalized spacial score (nSPS) is 19.8. The molecule has 1 aromatic rings. The molecule has 1 atom stereocenters. The Balaban J connectivity index is 1.80. The average molecular weight is 233 g/mol. The van der Waals surface area contributed by atoms with Crippen LogP contribution in [0.3, 0.4) is 0 Å². The molecule has 0 spiro atoms. The molecule has 1 aromatic carbocycles. The summed E-state index contributed by atoms with van der Waals surface area (Å²) in [5.74, 6) is 1.85. The Morgan fingerprint density at radius 2 is 2.06 bits per heavy atom. The molecule has 1 fully saturated rings. The highest BCUT2D eigenvalue weighted by atomic mass is 16.5. The largest absolute Gasteiger partial charge is 0.491 e. The fourth-order valence-corrected chi connectivity index (χ4v) is 2.34. The molecule has 2 rings (SSSR count). The quantitative estimate of drug-likeness (QED) is 0.844. The molecule has 1 aliphatic heterocycles. The minimum absolute atomic E-state index is 0.255. The molecule has 1 saturated heterocycles. The van der Waals surface area contributed by atoms with E-state index in [-0.39, 0.29) is 6.10 Å². The van der Waals surface area contributed by atoms with E-state index in [9.17, 15) is 0 Å². The zero-order valence-corrected chi connectivity index (χ0v) is 10.9. The maximum atomic E-state index is 5.64. The molecule has 17 heavy (non-hydrogen) atoms. The van der Waals surface area contributed by atoms with Crippen molar-refractivity contribution in [2.75, 3.05) is 13.1 Å². The third-order valence-corrected chi connectivity index (χ3v) is 3.30. The fraction of sp³-hybridized carbons (Fsp3) is 0.600. The summed E-state index contributed by atoms with van der Waals surface area (Å²) >= 11 is 0. The van der Waals surface area contributed by atoms with Gasteiger partial charge in [-0.15, -0.1) is 0 Å². The van der Waals surface area contributed by atoms with Crippen LogP contribution in [0, 0.1) is 5.92 Å². The van der Waals surface area contributed by atoms with Crippen molar-refractivity contribution in [1.29, 1.82) is 0 Å². The maximum Gasteiger partial charge on any atom is 0.119 e. The first kappa shape index (κ1) is 12.4. The van der Waals surface area contributed by atoms with Crippen LogP contribution in [0.1, 0.15) is 32.3 Å². The fourth-order valence-electron chi connectivity index (χ4n) is 2.34. The summed E-state index contributed by atoms with van der Waals surface area (Å²) in [7, 11) is 0. The predicted molar refractivity (Wildman–Crippen MR) is 71.5 cm³/mol. The van der Waals surface area contributed by atoms with E-state index in [0.29, 0.717) is 0 Å². The molecular weight excluding hydrogens is 210 g/mol. The van der Waals surface area contributed by atoms with Gasteiger partial charge >= 0.3 is 0 Å². The van der Waals surface area contributed by atoms with Gasteiger partial charge in [0.25, 0.3) is 0 Å². The molecule has 2 heteroatoms. The van der Waals surface area contributed by atoms with Crippen LogP contribution < -0.4 is 10.1 Å². The van der Waals surface area contributed by atoms with Crippen LogP contribution in [0.25, 0.3) is 0 Å². The van der Waals surface area contributed by atoms with Gasteiger partial charge in [-0.2, -0.15) is 0 Å². The molecule has 0 amide bonds. The lowest BCUT2D eigenvalue weighted by molar-refractivity contribution is 0.242. The zero-order valence-electron chi connectivity index (χ0n) is 10.9. The van der Waals surface area contributed by atoms with Crippen molar-refractivity contribution in [3.8, 4) is 5.75 Å². The number of aryl methyl sites for hydroxylation is 1. The summed E-state index contributed by atoms with van der Waals surface area (Å²) in [6.07, 6.45) is 4.09. The lowest BCUT2D eigenvalue weighted by atomic mass is 9.99. The number of benzene rings is 1. The highest BCUT2D eigenvalue weighted by molar-refractivity contribution is 5.27. The summed E-state index contributed by atoms with van der Waals surface area (Å²) in [6.45, 7) is 6.52. The van der Waals surface area contributed by atoms with Gasteiger partial charge in [-0.05, 0) is 69.8 Å². The Hall–Kier alpha value is -1.02. The third-order valence-electron chi connectivity index (χ3n) is 3.30. The van der Waals surface area contributed by atoms with Crippen LogP contribution in [0.15, 0.2) is 24.3 Å². The third kappa shape index (κ3) is 4.04. The first-order chi connectivity index (χ1) is 8.24. The molecular formula is C15H23NO. The number of rotatable bonds is 5. The van der Waals surface area contributed by atoms with Gasteiger partial charge in [-0.1, -0.05) is 12.1 Å². The van der Waals surface area contributed by atoms with E-state index in [4.69, 9.17) is 4.74 Å². The Morgan fingerprint density at radius 3 is 2.65 bits per heavy atom. The first-order valence-electron chi connectivity index (χ1n) is 6.70. The van der Waals surface area contributed by atoms with Crippen molar-refractivity contribution in [2.24, 2.45) is 5.92 Å². The van der Waals surface area contributed by atoms with E-state index in [1.807, 2.05) is 0 Å². The van der Waals surface area contributed by atoms with Crippen LogP contribution in [0.5, 0.6) is 5.75 Å². The monoisotopic (exact) mass is 233 g/mol. The minimum atomic E-state index is 0.255. The second kappa shape index (κ2) is 6.06. The molecule has 0 radical (unpaired) electrons. The predicted octanol–water partition coefficient (Wildman–Crippen LogP) is 3.02. The van der Waals surface area contributed by atoms with Gasteiger partial charge in [0, 0.05) is 0 Å². The van der Waals surface area contributed by atoms with Gasteiger partial charge in [0.1, 0.15) is 5.75 Å². The van der Waals surface area contributed by atoms with E-state index in [2.05, 4.69) is 43.4 Å². The van der Waals surface area contributed by atoms with Crippen molar-refractivity contribution in [3.05, 3.63) is 29.8 Å². The van der Waals surface area contributed by atoms with Crippen molar-refractivity contribution in [1.82, 2.24) is 5.32 Å². The van der Waals surface area contributed by atoms with Crippen LogP contribution in [-0.2, 0) is 6.42 Å². The van der Waals surface area contributed by atoms with Crippen molar-refractivity contribution >= 4 is 0 Å². The Kier molecular flexibility index (Phi) is 4.43. The molecule has 0 saturated carbocycles. The van der Waals surface area contributed by atoms with Crippen molar-refractivity contribution < 1.29 is 4.74 Å². The van der Waals surface area contributed by atoms with Gasteiger partial charge in [-0.25, -0.2) is 0 Å². The molecule has 1 N–H and O–H groups in total. The van der Waals surface area contributed by atoms with E-state index >= 15 is 0 Å². The summed E-state index contributed by atoms with van der Waals surface area (Å²) in [5.41, 5.74) is 1.42. The summed E-state index contributed by atoms with van der Waals surface area (Å²) < 4.78 is 5.64. The summed E-state index contributed by atoms with van der Waals surface area (Å²) in [5, 5.41) is 3.42. The highest BCUT2D eigenvalue weighted by Gasteiger charge is 2.13. The van der Waals surface area contributed by atoms with Gasteiger partial charge in [0.2, 0.25) is 0 Å². The van der Waals surface area contributed by atoms with Crippen LogP contribution in [-0.4, -0.2) is 19.2 Å². The zero-order chi connectivity index (χ0) is 12.1. The van der Waals surface area contributed by atoms with Crippen LogP contribution >= 0.6 is 0 Å². The van der Waals surface area contributed by atoms with E-state index in [1.54, 1.807) is 0 Å².